The van der Waals surface area contributed by atoms with E-state index in [1.807, 2.05) is 0 Å². The van der Waals surface area contributed by atoms with E-state index >= 15 is 0 Å². The topological polar surface area (TPSA) is 15.3 Å². The largest absolute Gasteiger partial charge is 0.314 e. The number of rotatable bonds is 6. The van der Waals surface area contributed by atoms with Crippen molar-refractivity contribution in [1.82, 2.24) is 10.2 Å². The zero-order valence-corrected chi connectivity index (χ0v) is 12.5. The molecule has 0 amide bonds. The highest BCUT2D eigenvalue weighted by Gasteiger charge is 2.28. The highest BCUT2D eigenvalue weighted by Crippen LogP contribution is 2.29. The highest BCUT2D eigenvalue weighted by molar-refractivity contribution is 4.84. The van der Waals surface area contributed by atoms with Gasteiger partial charge in [-0.3, -0.25) is 0 Å². The van der Waals surface area contributed by atoms with Gasteiger partial charge in [0.25, 0.3) is 0 Å². The fourth-order valence-corrected chi connectivity index (χ4v) is 4.06. The second-order valence-corrected chi connectivity index (χ2v) is 6.24. The maximum atomic E-state index is 3.69. The fourth-order valence-electron chi connectivity index (χ4n) is 4.06. The molecule has 2 heteroatoms. The average molecular weight is 252 g/mol. The van der Waals surface area contributed by atoms with Crippen molar-refractivity contribution >= 4 is 0 Å². The quantitative estimate of drug-likeness (QED) is 0.779. The van der Waals surface area contributed by atoms with Crippen molar-refractivity contribution in [2.24, 2.45) is 5.92 Å². The van der Waals surface area contributed by atoms with E-state index in [2.05, 4.69) is 24.1 Å². The number of likely N-dealkylation sites (tertiary alicyclic amines) is 1. The summed E-state index contributed by atoms with van der Waals surface area (Å²) in [6, 6.07) is 1.71. The number of nitrogens with one attached hydrogen (secondary N) is 1. The third kappa shape index (κ3) is 3.71. The van der Waals surface area contributed by atoms with Crippen molar-refractivity contribution in [2.75, 3.05) is 19.6 Å². The molecule has 1 N–H and O–H groups in total. The second kappa shape index (κ2) is 7.49. The van der Waals surface area contributed by atoms with Gasteiger partial charge in [0.05, 0.1) is 0 Å². The maximum Gasteiger partial charge on any atom is 0.00956 e. The lowest BCUT2D eigenvalue weighted by molar-refractivity contribution is 0.132. The summed E-state index contributed by atoms with van der Waals surface area (Å²) in [7, 11) is 0. The zero-order valence-electron chi connectivity index (χ0n) is 12.5. The summed E-state index contributed by atoms with van der Waals surface area (Å²) in [6.45, 7) is 8.46. The summed E-state index contributed by atoms with van der Waals surface area (Å²) in [5.74, 6) is 0.949. The first-order valence-electron chi connectivity index (χ1n) is 8.32. The predicted molar refractivity (Wildman–Crippen MR) is 78.9 cm³/mol. The van der Waals surface area contributed by atoms with Crippen LogP contribution in [0.15, 0.2) is 0 Å². The molecule has 1 aliphatic heterocycles. The Bertz CT molecular complexity index is 229. The van der Waals surface area contributed by atoms with Crippen LogP contribution in [0, 0.1) is 5.92 Å². The molecule has 1 saturated carbocycles. The van der Waals surface area contributed by atoms with Crippen LogP contribution >= 0.6 is 0 Å². The van der Waals surface area contributed by atoms with Crippen molar-refractivity contribution in [1.29, 1.82) is 0 Å². The molecule has 106 valence electrons. The highest BCUT2D eigenvalue weighted by atomic mass is 15.2. The molecule has 1 heterocycles. The lowest BCUT2D eigenvalue weighted by atomic mass is 9.96. The molecule has 3 unspecified atom stereocenters. The van der Waals surface area contributed by atoms with Crippen molar-refractivity contribution in [3.05, 3.63) is 0 Å². The average Bonchev–Trinajstić information content (AvgIpc) is 2.84. The van der Waals surface area contributed by atoms with Crippen molar-refractivity contribution in [3.63, 3.8) is 0 Å². The third-order valence-electron chi connectivity index (χ3n) is 5.13. The van der Waals surface area contributed by atoms with Gasteiger partial charge in [-0.2, -0.15) is 0 Å². The molecule has 2 aliphatic rings. The molecule has 1 aliphatic carbocycles. The molecule has 2 fully saturated rings. The Morgan fingerprint density at radius 2 is 1.94 bits per heavy atom. The van der Waals surface area contributed by atoms with E-state index in [9.17, 15) is 0 Å². The van der Waals surface area contributed by atoms with E-state index in [-0.39, 0.29) is 0 Å². The standard InChI is InChI=1S/C16H32N2/c1-3-15-9-5-6-12-18(15)13-11-14-8-7-10-16(14)17-4-2/h14-17H,3-13H2,1-2H3. The lowest BCUT2D eigenvalue weighted by Crippen LogP contribution is -2.41. The maximum absolute atomic E-state index is 3.69. The van der Waals surface area contributed by atoms with Gasteiger partial charge in [-0.05, 0) is 64.1 Å². The van der Waals surface area contributed by atoms with Crippen molar-refractivity contribution < 1.29 is 0 Å². The fraction of sp³-hybridized carbons (Fsp3) is 1.00. The Morgan fingerprint density at radius 1 is 1.06 bits per heavy atom. The molecule has 2 rings (SSSR count). The van der Waals surface area contributed by atoms with Crippen LogP contribution in [0.4, 0.5) is 0 Å². The number of piperidine rings is 1. The van der Waals surface area contributed by atoms with E-state index in [1.54, 1.807) is 0 Å². The molecule has 1 saturated heterocycles. The minimum atomic E-state index is 0.819. The van der Waals surface area contributed by atoms with E-state index in [0.29, 0.717) is 0 Å². The normalized spacial score (nSPS) is 34.0. The zero-order chi connectivity index (χ0) is 12.8. The van der Waals surface area contributed by atoms with Gasteiger partial charge in [0.2, 0.25) is 0 Å². The Hall–Kier alpha value is -0.0800. The number of nitrogens with zero attached hydrogens (tertiary/aromatic N) is 1. The van der Waals surface area contributed by atoms with E-state index in [0.717, 1.165) is 24.5 Å². The molecule has 3 atom stereocenters. The van der Waals surface area contributed by atoms with Crippen LogP contribution in [-0.4, -0.2) is 36.6 Å². The van der Waals surface area contributed by atoms with Crippen LogP contribution in [0.25, 0.3) is 0 Å². The molecule has 0 aromatic heterocycles. The monoisotopic (exact) mass is 252 g/mol. The van der Waals surface area contributed by atoms with Crippen LogP contribution in [0.2, 0.25) is 0 Å². The van der Waals surface area contributed by atoms with Crippen molar-refractivity contribution in [2.45, 2.75) is 77.3 Å². The van der Waals surface area contributed by atoms with Crippen LogP contribution in [0.1, 0.15) is 65.2 Å². The Kier molecular flexibility index (Phi) is 5.97. The van der Waals surface area contributed by atoms with Gasteiger partial charge >= 0.3 is 0 Å². The summed E-state index contributed by atoms with van der Waals surface area (Å²) in [5, 5.41) is 3.69. The summed E-state index contributed by atoms with van der Waals surface area (Å²) < 4.78 is 0. The minimum absolute atomic E-state index is 0.819. The summed E-state index contributed by atoms with van der Waals surface area (Å²) >= 11 is 0. The molecular weight excluding hydrogens is 220 g/mol. The smallest absolute Gasteiger partial charge is 0.00956 e. The summed E-state index contributed by atoms with van der Waals surface area (Å²) in [4.78, 5) is 2.78. The van der Waals surface area contributed by atoms with Gasteiger partial charge in [-0.15, -0.1) is 0 Å². The van der Waals surface area contributed by atoms with Gasteiger partial charge in [-0.25, -0.2) is 0 Å². The van der Waals surface area contributed by atoms with Gasteiger partial charge in [-0.1, -0.05) is 26.7 Å². The molecule has 0 radical (unpaired) electrons. The molecule has 0 spiro atoms. The lowest BCUT2D eigenvalue weighted by Gasteiger charge is -2.36. The van der Waals surface area contributed by atoms with Gasteiger partial charge in [0.15, 0.2) is 0 Å². The van der Waals surface area contributed by atoms with Gasteiger partial charge in [0, 0.05) is 12.1 Å². The Morgan fingerprint density at radius 3 is 2.72 bits per heavy atom. The first kappa shape index (κ1) is 14.3. The molecule has 2 nitrogen and oxygen atoms in total. The van der Waals surface area contributed by atoms with E-state index in [4.69, 9.17) is 0 Å². The van der Waals surface area contributed by atoms with Crippen LogP contribution in [0.3, 0.4) is 0 Å². The van der Waals surface area contributed by atoms with Crippen LogP contribution in [0.5, 0.6) is 0 Å². The first-order chi connectivity index (χ1) is 8.85. The Labute approximate surface area is 114 Å². The van der Waals surface area contributed by atoms with Gasteiger partial charge in [0.1, 0.15) is 0 Å². The molecule has 0 aromatic carbocycles. The molecular formula is C16H32N2. The van der Waals surface area contributed by atoms with Crippen LogP contribution in [-0.2, 0) is 0 Å². The summed E-state index contributed by atoms with van der Waals surface area (Å²) in [5.41, 5.74) is 0. The molecule has 18 heavy (non-hydrogen) atoms. The summed E-state index contributed by atoms with van der Waals surface area (Å²) in [6.07, 6.45) is 11.4. The third-order valence-corrected chi connectivity index (χ3v) is 5.13. The molecule has 0 bridgehead atoms. The second-order valence-electron chi connectivity index (χ2n) is 6.24. The SMILES string of the molecule is CCNC1CCCC1CCN1CCCCC1CC. The van der Waals surface area contributed by atoms with Crippen LogP contribution < -0.4 is 5.32 Å². The Balaban J connectivity index is 1.75. The van der Waals surface area contributed by atoms with Crippen molar-refractivity contribution in [3.8, 4) is 0 Å². The predicted octanol–water partition coefficient (Wildman–Crippen LogP) is 3.42. The minimum Gasteiger partial charge on any atom is -0.314 e. The van der Waals surface area contributed by atoms with E-state index in [1.165, 1.54) is 64.5 Å². The first-order valence-corrected chi connectivity index (χ1v) is 8.32. The van der Waals surface area contributed by atoms with Gasteiger partial charge < -0.3 is 10.2 Å². The number of hydrogen-bond donors (Lipinski definition) is 1. The van der Waals surface area contributed by atoms with E-state index < -0.39 is 0 Å². The number of hydrogen-bond acceptors (Lipinski definition) is 2. The molecule has 0 aromatic rings.